The standard InChI is InChI=1S/C18H22N4OS/c19-17-21-14-11-13(16(23)12-5-3-1-2-4-6-12)7-8-15(14)22(17)18-20-9-10-24-18/h7-8,11-12H,1-6,9-10H2,(H2,19,21). The molecule has 1 fully saturated rings. The summed E-state index contributed by atoms with van der Waals surface area (Å²) < 4.78 is 1.90. The van der Waals surface area contributed by atoms with Gasteiger partial charge in [0.25, 0.3) is 0 Å². The fourth-order valence-electron chi connectivity index (χ4n) is 3.69. The van der Waals surface area contributed by atoms with Crippen LogP contribution in [-0.4, -0.2) is 32.8 Å². The van der Waals surface area contributed by atoms with E-state index in [2.05, 4.69) is 9.98 Å². The number of nitrogens with zero attached hydrogens (tertiary/aromatic N) is 3. The summed E-state index contributed by atoms with van der Waals surface area (Å²) in [6.07, 6.45) is 6.86. The maximum atomic E-state index is 12.9. The number of carbonyl (C=O) groups is 1. The predicted molar refractivity (Wildman–Crippen MR) is 99.8 cm³/mol. The Hall–Kier alpha value is -1.82. The van der Waals surface area contributed by atoms with Crippen LogP contribution in [-0.2, 0) is 0 Å². The highest BCUT2D eigenvalue weighted by molar-refractivity contribution is 8.14. The zero-order chi connectivity index (χ0) is 16.5. The van der Waals surface area contributed by atoms with E-state index in [1.54, 1.807) is 11.8 Å². The van der Waals surface area contributed by atoms with Crippen LogP contribution >= 0.6 is 11.8 Å². The molecule has 0 radical (unpaired) electrons. The quantitative estimate of drug-likeness (QED) is 0.667. The van der Waals surface area contributed by atoms with Crippen molar-refractivity contribution in [2.24, 2.45) is 10.9 Å². The van der Waals surface area contributed by atoms with E-state index in [1.807, 2.05) is 22.8 Å². The lowest BCUT2D eigenvalue weighted by Gasteiger charge is -2.12. The van der Waals surface area contributed by atoms with Crippen LogP contribution in [0.25, 0.3) is 11.0 Å². The number of fused-ring (bicyclic) bond motifs is 1. The van der Waals surface area contributed by atoms with Crippen LogP contribution in [0.4, 0.5) is 5.95 Å². The Balaban J connectivity index is 1.67. The molecule has 4 rings (SSSR count). The number of Topliss-reactive ketones (excluding diaryl/α,β-unsaturated/α-hetero) is 1. The molecule has 1 aliphatic carbocycles. The Morgan fingerprint density at radius 2 is 2.00 bits per heavy atom. The molecule has 1 saturated carbocycles. The zero-order valence-corrected chi connectivity index (χ0v) is 14.5. The van der Waals surface area contributed by atoms with E-state index < -0.39 is 0 Å². The van der Waals surface area contributed by atoms with Gasteiger partial charge in [0.1, 0.15) is 0 Å². The fourth-order valence-corrected chi connectivity index (χ4v) is 4.56. The van der Waals surface area contributed by atoms with E-state index in [0.717, 1.165) is 59.7 Å². The van der Waals surface area contributed by atoms with Crippen LogP contribution in [0.5, 0.6) is 0 Å². The molecule has 0 atom stereocenters. The lowest BCUT2D eigenvalue weighted by atomic mass is 9.91. The van der Waals surface area contributed by atoms with E-state index >= 15 is 0 Å². The molecule has 6 heteroatoms. The molecule has 2 heterocycles. The highest BCUT2D eigenvalue weighted by atomic mass is 32.2. The van der Waals surface area contributed by atoms with Crippen LogP contribution in [0, 0.1) is 5.92 Å². The van der Waals surface area contributed by atoms with Gasteiger partial charge >= 0.3 is 0 Å². The van der Waals surface area contributed by atoms with Gasteiger partial charge in [-0.05, 0) is 31.0 Å². The molecule has 0 saturated heterocycles. The van der Waals surface area contributed by atoms with Crippen molar-refractivity contribution in [1.82, 2.24) is 9.55 Å². The Morgan fingerprint density at radius 1 is 1.21 bits per heavy atom. The topological polar surface area (TPSA) is 73.3 Å². The molecule has 0 unspecified atom stereocenters. The van der Waals surface area contributed by atoms with Crippen LogP contribution in [0.15, 0.2) is 23.2 Å². The molecule has 2 N–H and O–H groups in total. The molecule has 5 nitrogen and oxygen atoms in total. The smallest absolute Gasteiger partial charge is 0.207 e. The third kappa shape index (κ3) is 2.83. The Bertz CT molecular complexity index is 803. The Kier molecular flexibility index (Phi) is 4.31. The third-order valence-corrected chi connectivity index (χ3v) is 5.91. The number of benzene rings is 1. The van der Waals surface area contributed by atoms with Gasteiger partial charge < -0.3 is 5.73 Å². The maximum absolute atomic E-state index is 12.9. The highest BCUT2D eigenvalue weighted by Crippen LogP contribution is 2.29. The number of ketones is 1. The van der Waals surface area contributed by atoms with Gasteiger partial charge in [-0.15, -0.1) is 0 Å². The third-order valence-electron chi connectivity index (χ3n) is 4.95. The summed E-state index contributed by atoms with van der Waals surface area (Å²) in [5.74, 6) is 1.85. The number of anilines is 1. The minimum atomic E-state index is 0.166. The molecule has 2 aliphatic rings. The zero-order valence-electron chi connectivity index (χ0n) is 13.7. The molecule has 0 spiro atoms. The molecule has 0 amide bonds. The Morgan fingerprint density at radius 3 is 2.71 bits per heavy atom. The van der Waals surface area contributed by atoms with Gasteiger partial charge in [-0.1, -0.05) is 37.4 Å². The van der Waals surface area contributed by atoms with Crippen molar-refractivity contribution in [2.45, 2.75) is 38.5 Å². The van der Waals surface area contributed by atoms with E-state index in [4.69, 9.17) is 5.73 Å². The van der Waals surface area contributed by atoms with Crippen LogP contribution in [0.2, 0.25) is 0 Å². The van der Waals surface area contributed by atoms with Gasteiger partial charge in [-0.3, -0.25) is 14.4 Å². The summed E-state index contributed by atoms with van der Waals surface area (Å²) in [5, 5.41) is 0.901. The first-order chi connectivity index (χ1) is 11.7. The molecule has 24 heavy (non-hydrogen) atoms. The normalized spacial score (nSPS) is 19.4. The number of nitrogens with two attached hydrogens (primary N) is 1. The average Bonchev–Trinajstić information content (AvgIpc) is 3.11. The van der Waals surface area contributed by atoms with E-state index in [0.29, 0.717) is 5.95 Å². The van der Waals surface area contributed by atoms with Gasteiger partial charge in [0.2, 0.25) is 5.95 Å². The molecule has 1 aromatic heterocycles. The maximum Gasteiger partial charge on any atom is 0.207 e. The highest BCUT2D eigenvalue weighted by Gasteiger charge is 2.23. The van der Waals surface area contributed by atoms with Gasteiger partial charge in [0.15, 0.2) is 11.0 Å². The monoisotopic (exact) mass is 342 g/mol. The molecular formula is C18H22N4OS. The van der Waals surface area contributed by atoms with Crippen molar-refractivity contribution in [1.29, 1.82) is 0 Å². The Labute approximate surface area is 145 Å². The van der Waals surface area contributed by atoms with Crippen molar-refractivity contribution < 1.29 is 4.79 Å². The molecule has 1 aliphatic heterocycles. The lowest BCUT2D eigenvalue weighted by molar-refractivity contribution is 0.0908. The number of aromatic nitrogens is 2. The minimum Gasteiger partial charge on any atom is -0.369 e. The van der Waals surface area contributed by atoms with Crippen molar-refractivity contribution in [3.05, 3.63) is 23.8 Å². The number of nitrogen functional groups attached to an aromatic ring is 1. The first kappa shape index (κ1) is 15.7. The first-order valence-corrected chi connectivity index (χ1v) is 9.72. The van der Waals surface area contributed by atoms with Crippen molar-refractivity contribution >= 4 is 39.7 Å². The van der Waals surface area contributed by atoms with Gasteiger partial charge in [-0.2, -0.15) is 0 Å². The summed E-state index contributed by atoms with van der Waals surface area (Å²) in [4.78, 5) is 21.8. The number of thioether (sulfide) groups is 1. The van der Waals surface area contributed by atoms with Gasteiger partial charge in [-0.25, -0.2) is 4.98 Å². The van der Waals surface area contributed by atoms with E-state index in [9.17, 15) is 4.79 Å². The summed E-state index contributed by atoms with van der Waals surface area (Å²) in [5.41, 5.74) is 8.57. The molecular weight excluding hydrogens is 320 g/mol. The molecule has 2 aromatic rings. The largest absolute Gasteiger partial charge is 0.369 e. The summed E-state index contributed by atoms with van der Waals surface area (Å²) in [6.45, 7) is 0.817. The number of carbonyl (C=O) groups excluding carboxylic acids is 1. The number of aliphatic imine (C=N–C) groups is 1. The summed E-state index contributed by atoms with van der Waals surface area (Å²) >= 11 is 1.69. The molecule has 126 valence electrons. The lowest BCUT2D eigenvalue weighted by Crippen LogP contribution is -2.14. The number of imidazole rings is 1. The van der Waals surface area contributed by atoms with Crippen LogP contribution in [0.3, 0.4) is 0 Å². The van der Waals surface area contributed by atoms with Crippen molar-refractivity contribution in [3.63, 3.8) is 0 Å². The fraction of sp³-hybridized carbons (Fsp3) is 0.500. The SMILES string of the molecule is Nc1nc2cc(C(=O)C3CCCCCC3)ccc2n1C1=NCCS1. The summed E-state index contributed by atoms with van der Waals surface area (Å²) in [6, 6.07) is 5.78. The number of hydrogen-bond donors (Lipinski definition) is 1. The molecule has 1 aromatic carbocycles. The minimum absolute atomic E-state index is 0.166. The van der Waals surface area contributed by atoms with Gasteiger partial charge in [0, 0.05) is 17.2 Å². The van der Waals surface area contributed by atoms with Crippen LogP contribution in [0.1, 0.15) is 48.9 Å². The van der Waals surface area contributed by atoms with Crippen molar-refractivity contribution in [2.75, 3.05) is 18.0 Å². The number of rotatable bonds is 2. The average molecular weight is 342 g/mol. The van der Waals surface area contributed by atoms with E-state index in [1.165, 1.54) is 12.8 Å². The molecule has 0 bridgehead atoms. The summed E-state index contributed by atoms with van der Waals surface area (Å²) in [7, 11) is 0. The second-order valence-corrected chi connectivity index (χ2v) is 7.64. The van der Waals surface area contributed by atoms with E-state index in [-0.39, 0.29) is 11.7 Å². The number of hydrogen-bond acceptors (Lipinski definition) is 5. The van der Waals surface area contributed by atoms with Crippen LogP contribution < -0.4 is 5.73 Å². The second kappa shape index (κ2) is 6.59. The predicted octanol–water partition coefficient (Wildman–Crippen LogP) is 3.72. The second-order valence-electron chi connectivity index (χ2n) is 6.57. The van der Waals surface area contributed by atoms with Crippen molar-refractivity contribution in [3.8, 4) is 0 Å². The van der Waals surface area contributed by atoms with Gasteiger partial charge in [0.05, 0.1) is 17.6 Å². The first-order valence-electron chi connectivity index (χ1n) is 8.74.